The molecule has 3 aromatic rings. The van der Waals surface area contributed by atoms with Crippen LogP contribution >= 0.6 is 23.2 Å². The zero-order chi connectivity index (χ0) is 26.8. The molecule has 3 aromatic carbocycles. The van der Waals surface area contributed by atoms with Gasteiger partial charge < -0.3 is 10.1 Å². The average molecular weight is 551 g/mol. The number of amides is 3. The smallest absolute Gasteiger partial charge is 0.338 e. The molecule has 1 saturated heterocycles. The van der Waals surface area contributed by atoms with Gasteiger partial charge in [-0.25, -0.2) is 4.79 Å². The lowest BCUT2D eigenvalue weighted by atomic mass is 9.73. The van der Waals surface area contributed by atoms with E-state index in [1.54, 1.807) is 24.3 Å². The molecule has 2 aliphatic rings. The van der Waals surface area contributed by atoms with Crippen molar-refractivity contribution in [3.8, 4) is 0 Å². The molecule has 38 heavy (non-hydrogen) atoms. The van der Waals surface area contributed by atoms with Crippen molar-refractivity contribution in [2.45, 2.75) is 25.2 Å². The number of rotatable bonds is 6. The maximum atomic E-state index is 13.3. The molecule has 1 saturated carbocycles. The third kappa shape index (κ3) is 5.30. The van der Waals surface area contributed by atoms with Crippen molar-refractivity contribution in [3.63, 3.8) is 0 Å². The maximum absolute atomic E-state index is 13.3. The van der Waals surface area contributed by atoms with Gasteiger partial charge in [-0.1, -0.05) is 53.5 Å². The Morgan fingerprint density at radius 1 is 0.868 bits per heavy atom. The number of fused-ring (bicyclic) bond motifs is 1. The highest BCUT2D eigenvalue weighted by Crippen LogP contribution is 2.45. The molecular formula is C29H24Cl2N2O5. The van der Waals surface area contributed by atoms with E-state index in [2.05, 4.69) is 17.4 Å². The van der Waals surface area contributed by atoms with Crippen molar-refractivity contribution in [2.75, 3.05) is 16.8 Å². The Hall–Kier alpha value is -3.68. The van der Waals surface area contributed by atoms with Gasteiger partial charge in [0, 0.05) is 5.69 Å². The third-order valence-corrected chi connectivity index (χ3v) is 7.83. The van der Waals surface area contributed by atoms with Crippen LogP contribution in [-0.2, 0) is 19.1 Å². The molecule has 7 nitrogen and oxygen atoms in total. The predicted octanol–water partition coefficient (Wildman–Crippen LogP) is 5.86. The number of hydrogen-bond acceptors (Lipinski definition) is 5. The van der Waals surface area contributed by atoms with Crippen LogP contribution in [0.4, 0.5) is 11.4 Å². The molecule has 5 rings (SSSR count). The molecule has 3 atom stereocenters. The average Bonchev–Trinajstić information content (AvgIpc) is 3.19. The van der Waals surface area contributed by atoms with Crippen LogP contribution in [0.2, 0.25) is 10.0 Å². The zero-order valence-electron chi connectivity index (χ0n) is 20.2. The van der Waals surface area contributed by atoms with E-state index in [1.807, 2.05) is 18.2 Å². The van der Waals surface area contributed by atoms with E-state index in [0.717, 1.165) is 6.42 Å². The van der Waals surface area contributed by atoms with E-state index in [4.69, 9.17) is 27.9 Å². The van der Waals surface area contributed by atoms with Crippen molar-refractivity contribution in [2.24, 2.45) is 11.8 Å². The van der Waals surface area contributed by atoms with Crippen LogP contribution in [0.25, 0.3) is 0 Å². The summed E-state index contributed by atoms with van der Waals surface area (Å²) in [6.07, 6.45) is 2.17. The SMILES string of the molecule is O=C(COC(=O)c1ccc(N2C(=O)[C@@H]3CC[C@H](c4ccccc4)C[C@H]3C2=O)cc1)Nc1ccc(Cl)c(Cl)c1. The molecule has 194 valence electrons. The second-order valence-electron chi connectivity index (χ2n) is 9.45. The Morgan fingerprint density at radius 2 is 1.58 bits per heavy atom. The Kier molecular flexibility index (Phi) is 7.49. The summed E-state index contributed by atoms with van der Waals surface area (Å²) in [5.74, 6) is -2.06. The first-order valence-electron chi connectivity index (χ1n) is 12.3. The standard InChI is InChI=1S/C29H24Cl2N2O5/c30-24-13-9-20(15-25(24)31)32-26(34)16-38-29(37)18-6-10-21(11-7-18)33-27(35)22-12-8-19(14-23(22)28(33)36)17-4-2-1-3-5-17/h1-7,9-11,13,15,19,22-23H,8,12,14,16H2,(H,32,34)/t19-,22+,23+/m0/s1. The number of carbonyl (C=O) groups is 4. The molecule has 0 unspecified atom stereocenters. The molecule has 0 spiro atoms. The van der Waals surface area contributed by atoms with Gasteiger partial charge in [0.25, 0.3) is 5.91 Å². The van der Waals surface area contributed by atoms with Crippen molar-refractivity contribution in [1.82, 2.24) is 0 Å². The predicted molar refractivity (Wildman–Crippen MR) is 144 cm³/mol. The fraction of sp³-hybridized carbons (Fsp3) is 0.241. The number of imide groups is 1. The molecular weight excluding hydrogens is 527 g/mol. The summed E-state index contributed by atoms with van der Waals surface area (Å²) in [5, 5.41) is 3.21. The molecule has 9 heteroatoms. The molecule has 1 aliphatic carbocycles. The Morgan fingerprint density at radius 3 is 2.29 bits per heavy atom. The first-order chi connectivity index (χ1) is 18.3. The normalized spacial score (nSPS) is 20.7. The number of hydrogen-bond donors (Lipinski definition) is 1. The van der Waals surface area contributed by atoms with Crippen LogP contribution in [0.15, 0.2) is 72.8 Å². The second-order valence-corrected chi connectivity index (χ2v) is 10.3. The fourth-order valence-corrected chi connectivity index (χ4v) is 5.49. The van der Waals surface area contributed by atoms with E-state index < -0.39 is 18.5 Å². The molecule has 0 aromatic heterocycles. The van der Waals surface area contributed by atoms with Crippen LogP contribution in [-0.4, -0.2) is 30.3 Å². The largest absolute Gasteiger partial charge is 0.452 e. The number of anilines is 2. The van der Waals surface area contributed by atoms with Gasteiger partial charge in [0.05, 0.1) is 33.1 Å². The summed E-state index contributed by atoms with van der Waals surface area (Å²) in [6, 6.07) is 20.7. The molecule has 1 N–H and O–H groups in total. The van der Waals surface area contributed by atoms with Gasteiger partial charge in [0.1, 0.15) is 0 Å². The Bertz CT molecular complexity index is 1390. The lowest BCUT2D eigenvalue weighted by molar-refractivity contribution is -0.122. The highest BCUT2D eigenvalue weighted by molar-refractivity contribution is 6.42. The van der Waals surface area contributed by atoms with E-state index in [-0.39, 0.29) is 40.2 Å². The minimum Gasteiger partial charge on any atom is -0.452 e. The molecule has 1 heterocycles. The first-order valence-corrected chi connectivity index (χ1v) is 13.0. The topological polar surface area (TPSA) is 92.8 Å². The number of nitrogens with zero attached hydrogens (tertiary/aromatic N) is 1. The minimum atomic E-state index is -0.709. The number of carbonyl (C=O) groups excluding carboxylic acids is 4. The van der Waals surface area contributed by atoms with E-state index >= 15 is 0 Å². The summed E-state index contributed by atoms with van der Waals surface area (Å²) in [7, 11) is 0. The summed E-state index contributed by atoms with van der Waals surface area (Å²) < 4.78 is 5.10. The van der Waals surface area contributed by atoms with Gasteiger partial charge in [-0.2, -0.15) is 0 Å². The molecule has 3 amide bonds. The number of esters is 1. The van der Waals surface area contributed by atoms with Crippen molar-refractivity contribution in [3.05, 3.63) is 94.0 Å². The van der Waals surface area contributed by atoms with Gasteiger partial charge in [0.2, 0.25) is 11.8 Å². The van der Waals surface area contributed by atoms with Crippen LogP contribution in [0.5, 0.6) is 0 Å². The van der Waals surface area contributed by atoms with Crippen molar-refractivity contribution in [1.29, 1.82) is 0 Å². The van der Waals surface area contributed by atoms with Gasteiger partial charge in [-0.05, 0) is 73.2 Å². The lowest BCUT2D eigenvalue weighted by Gasteiger charge is -2.28. The van der Waals surface area contributed by atoms with Crippen LogP contribution < -0.4 is 10.2 Å². The number of halogens is 2. The van der Waals surface area contributed by atoms with Crippen LogP contribution in [0.1, 0.15) is 41.1 Å². The van der Waals surface area contributed by atoms with E-state index in [0.29, 0.717) is 29.2 Å². The van der Waals surface area contributed by atoms with E-state index in [9.17, 15) is 19.2 Å². The van der Waals surface area contributed by atoms with Crippen molar-refractivity contribution < 1.29 is 23.9 Å². The molecule has 0 bridgehead atoms. The van der Waals surface area contributed by atoms with Gasteiger partial charge in [-0.15, -0.1) is 0 Å². The molecule has 2 fully saturated rings. The summed E-state index contributed by atoms with van der Waals surface area (Å²) in [5.41, 5.74) is 2.22. The first kappa shape index (κ1) is 25.9. The summed E-state index contributed by atoms with van der Waals surface area (Å²) >= 11 is 11.8. The third-order valence-electron chi connectivity index (χ3n) is 7.10. The lowest BCUT2D eigenvalue weighted by Crippen LogP contribution is -2.30. The zero-order valence-corrected chi connectivity index (χ0v) is 21.7. The second kappa shape index (κ2) is 11.0. The van der Waals surface area contributed by atoms with Gasteiger partial charge in [0.15, 0.2) is 6.61 Å². The van der Waals surface area contributed by atoms with Crippen molar-refractivity contribution >= 4 is 58.3 Å². The van der Waals surface area contributed by atoms with Gasteiger partial charge in [-0.3, -0.25) is 19.3 Å². The Labute approximate surface area is 229 Å². The summed E-state index contributed by atoms with van der Waals surface area (Å²) in [4.78, 5) is 52.2. The Balaban J connectivity index is 1.19. The quantitative estimate of drug-likeness (QED) is 0.306. The molecule has 0 radical (unpaired) electrons. The number of nitrogens with one attached hydrogen (secondary N) is 1. The maximum Gasteiger partial charge on any atom is 0.338 e. The minimum absolute atomic E-state index is 0.191. The van der Waals surface area contributed by atoms with Crippen LogP contribution in [0, 0.1) is 11.8 Å². The highest BCUT2D eigenvalue weighted by Gasteiger charge is 2.50. The monoisotopic (exact) mass is 550 g/mol. The highest BCUT2D eigenvalue weighted by atomic mass is 35.5. The fourth-order valence-electron chi connectivity index (χ4n) is 5.19. The molecule has 1 aliphatic heterocycles. The van der Waals surface area contributed by atoms with E-state index in [1.165, 1.54) is 28.7 Å². The number of ether oxygens (including phenoxy) is 1. The van der Waals surface area contributed by atoms with Gasteiger partial charge >= 0.3 is 5.97 Å². The van der Waals surface area contributed by atoms with Crippen LogP contribution in [0.3, 0.4) is 0 Å². The summed E-state index contributed by atoms with van der Waals surface area (Å²) in [6.45, 7) is -0.504. The number of benzene rings is 3.